The summed E-state index contributed by atoms with van der Waals surface area (Å²) >= 11 is 0. The molecule has 0 unspecified atom stereocenters. The van der Waals surface area contributed by atoms with Crippen LogP contribution in [0.15, 0.2) is 5.86 Å². The Bertz CT molecular complexity index is 303. The molecule has 0 bridgehead atoms. The molecule has 1 aromatic heterocycles. The molecule has 0 spiro atoms. The van der Waals surface area contributed by atoms with Gasteiger partial charge in [0, 0.05) is 0 Å². The van der Waals surface area contributed by atoms with E-state index in [2.05, 4.69) is 13.7 Å². The molecule has 12 heavy (non-hydrogen) atoms. The minimum atomic E-state index is 0.159. The zero-order valence-corrected chi connectivity index (χ0v) is 7.08. The molecule has 0 aliphatic carbocycles. The second-order valence-corrected chi connectivity index (χ2v) is 3.14. The summed E-state index contributed by atoms with van der Waals surface area (Å²) in [5.41, 5.74) is 2.57. The fourth-order valence-corrected chi connectivity index (χ4v) is 1.56. The monoisotopic (exact) mass is 155 g/mol. The molecule has 0 radical (unpaired) electrons. The number of carbonyl (C=O) groups excluding carboxylic acids is 1. The second kappa shape index (κ2) is 2.96. The van der Waals surface area contributed by atoms with E-state index in [0.717, 1.165) is 13.1 Å². The van der Waals surface area contributed by atoms with Crippen LogP contribution in [0.4, 0.5) is 0 Å². The maximum absolute atomic E-state index is 11.0. The van der Waals surface area contributed by atoms with E-state index >= 15 is 0 Å². The molecule has 2 rings (SSSR count). The van der Waals surface area contributed by atoms with Crippen LogP contribution in [0.3, 0.4) is 0 Å². The number of carbonyl (C=O) groups is 1. The van der Waals surface area contributed by atoms with Gasteiger partial charge in [0.05, 0.1) is 0 Å². The third kappa shape index (κ3) is 1.28. The van der Waals surface area contributed by atoms with Crippen molar-refractivity contribution in [2.75, 3.05) is 0 Å². The van der Waals surface area contributed by atoms with Gasteiger partial charge in [0.25, 0.3) is 0 Å². The molecule has 1 aromatic rings. The van der Waals surface area contributed by atoms with Crippen molar-refractivity contribution in [1.29, 1.82) is 0 Å². The predicted octanol–water partition coefficient (Wildman–Crippen LogP) is -0.437. The summed E-state index contributed by atoms with van der Waals surface area (Å²) < 4.78 is 0. The molecular weight excluding hydrogens is 147 g/mol. The van der Waals surface area contributed by atoms with Crippen LogP contribution in [0, 0.1) is 0 Å². The normalized spacial score (nSPS) is 13.6. The van der Waals surface area contributed by atoms with Crippen LogP contribution in [0.5, 0.6) is 0 Å². The Morgan fingerprint density at radius 1 is 1.50 bits per heavy atom. The first-order valence-electron chi connectivity index (χ1n) is 4.09. The van der Waals surface area contributed by atoms with E-state index in [1.165, 1.54) is 10.9 Å². The van der Waals surface area contributed by atoms with Crippen molar-refractivity contribution >= 4 is 26.4 Å². The molecule has 5 heteroatoms. The Labute approximate surface area is 73.6 Å². The average molecular weight is 155 g/mol. The van der Waals surface area contributed by atoms with Crippen molar-refractivity contribution in [2.24, 2.45) is 0 Å². The standard InChI is InChI=1S/C7H8B3NO/c1-5(12)11-2-6-7(3-11)10-9-4-8-6/h4H,2-3H2,1H3. The molecule has 0 saturated heterocycles. The Morgan fingerprint density at radius 3 is 2.92 bits per heavy atom. The average Bonchev–Trinajstić information content (AvgIpc) is 2.46. The van der Waals surface area contributed by atoms with Crippen molar-refractivity contribution in [3.8, 4) is 0 Å². The first kappa shape index (κ1) is 7.90. The van der Waals surface area contributed by atoms with Gasteiger partial charge < -0.3 is 0 Å². The number of fused-ring (bicyclic) bond motifs is 1. The number of amides is 1. The molecule has 0 saturated carbocycles. The van der Waals surface area contributed by atoms with Crippen LogP contribution < -0.4 is 0 Å². The molecular formula is C7H8B3NO. The van der Waals surface area contributed by atoms with Gasteiger partial charge in [0.1, 0.15) is 0 Å². The van der Waals surface area contributed by atoms with Gasteiger partial charge in [-0.25, -0.2) is 0 Å². The van der Waals surface area contributed by atoms with E-state index in [0.29, 0.717) is 0 Å². The first-order chi connectivity index (χ1) is 5.77. The summed E-state index contributed by atoms with van der Waals surface area (Å²) in [7, 11) is 0. The van der Waals surface area contributed by atoms with E-state index < -0.39 is 0 Å². The number of hydrogen-bond acceptors (Lipinski definition) is 1. The Kier molecular flexibility index (Phi) is 1.95. The minimum absolute atomic E-state index is 0.159. The van der Waals surface area contributed by atoms with Crippen LogP contribution in [0.2, 0.25) is 0 Å². The molecule has 0 fully saturated rings. The third-order valence-corrected chi connectivity index (χ3v) is 2.29. The first-order valence-corrected chi connectivity index (χ1v) is 4.09. The van der Waals surface area contributed by atoms with Gasteiger partial charge in [-0.2, -0.15) is 0 Å². The van der Waals surface area contributed by atoms with Crippen LogP contribution in [0.25, 0.3) is 0 Å². The van der Waals surface area contributed by atoms with E-state index in [9.17, 15) is 4.79 Å². The van der Waals surface area contributed by atoms with E-state index in [1.54, 1.807) is 6.92 Å². The van der Waals surface area contributed by atoms with Gasteiger partial charge in [-0.15, -0.1) is 0 Å². The SMILES string of the molecule is CC(=O)N1Cc2bbcbc2C1. The van der Waals surface area contributed by atoms with Gasteiger partial charge in [-0.05, 0) is 0 Å². The maximum atomic E-state index is 11.0. The molecule has 0 atom stereocenters. The van der Waals surface area contributed by atoms with Crippen LogP contribution >= 0.6 is 0 Å². The summed E-state index contributed by atoms with van der Waals surface area (Å²) in [6.07, 6.45) is 0. The predicted molar refractivity (Wildman–Crippen MR) is 50.4 cm³/mol. The van der Waals surface area contributed by atoms with Gasteiger partial charge >= 0.3 is 72.9 Å². The van der Waals surface area contributed by atoms with E-state index in [1.807, 2.05) is 17.6 Å². The molecule has 2 nitrogen and oxygen atoms in total. The van der Waals surface area contributed by atoms with Crippen LogP contribution in [-0.2, 0) is 17.9 Å². The van der Waals surface area contributed by atoms with Gasteiger partial charge in [0.2, 0.25) is 0 Å². The Balaban J connectivity index is 2.27. The van der Waals surface area contributed by atoms with Crippen molar-refractivity contribution < 1.29 is 4.79 Å². The fourth-order valence-electron chi connectivity index (χ4n) is 1.56. The van der Waals surface area contributed by atoms with Crippen LogP contribution in [-0.4, -0.2) is 31.3 Å². The van der Waals surface area contributed by atoms with Gasteiger partial charge in [-0.3, -0.25) is 0 Å². The van der Waals surface area contributed by atoms with Crippen molar-refractivity contribution in [2.45, 2.75) is 20.0 Å². The summed E-state index contributed by atoms with van der Waals surface area (Å²) in [5.74, 6) is 2.17. The topological polar surface area (TPSA) is 20.3 Å². The number of nitrogens with zero attached hydrogens (tertiary/aromatic N) is 1. The van der Waals surface area contributed by atoms with Crippen molar-refractivity contribution in [1.82, 2.24) is 4.90 Å². The molecule has 56 valence electrons. The summed E-state index contributed by atoms with van der Waals surface area (Å²) in [5, 5.41) is 0. The van der Waals surface area contributed by atoms with E-state index in [-0.39, 0.29) is 5.91 Å². The summed E-state index contributed by atoms with van der Waals surface area (Å²) in [6.45, 7) is 9.36. The number of rotatable bonds is 0. The molecule has 0 aromatic carbocycles. The summed E-state index contributed by atoms with van der Waals surface area (Å²) in [6, 6.07) is 0. The Morgan fingerprint density at radius 2 is 2.25 bits per heavy atom. The molecule has 1 amide bonds. The zero-order chi connectivity index (χ0) is 8.55. The quantitative estimate of drug-likeness (QED) is 0.497. The molecule has 2 heterocycles. The zero-order valence-electron chi connectivity index (χ0n) is 7.08. The van der Waals surface area contributed by atoms with Gasteiger partial charge in [0.15, 0.2) is 0 Å². The number of hydrogen-bond donors (Lipinski definition) is 0. The van der Waals surface area contributed by atoms with Gasteiger partial charge in [-0.1, -0.05) is 0 Å². The van der Waals surface area contributed by atoms with Crippen LogP contribution in [0.1, 0.15) is 17.8 Å². The second-order valence-electron chi connectivity index (χ2n) is 3.14. The molecule has 1 aliphatic rings. The molecule has 0 N–H and O–H groups in total. The summed E-state index contributed by atoms with van der Waals surface area (Å²) in [4.78, 5) is 12.9. The fraction of sp³-hybridized carbons (Fsp3) is 0.429. The van der Waals surface area contributed by atoms with E-state index in [4.69, 9.17) is 0 Å². The van der Waals surface area contributed by atoms with Crippen molar-refractivity contribution in [3.05, 3.63) is 16.8 Å². The molecule has 1 aliphatic heterocycles. The third-order valence-electron chi connectivity index (χ3n) is 2.29. The van der Waals surface area contributed by atoms with Crippen molar-refractivity contribution in [3.63, 3.8) is 0 Å². The Hall–Kier alpha value is -0.725.